The van der Waals surface area contributed by atoms with Gasteiger partial charge >= 0.3 is 0 Å². The van der Waals surface area contributed by atoms with Crippen molar-refractivity contribution in [3.05, 3.63) is 39.8 Å². The van der Waals surface area contributed by atoms with Crippen LogP contribution in [0.1, 0.15) is 19.3 Å². The molecule has 1 aliphatic carbocycles. The molecule has 134 valence electrons. The highest BCUT2D eigenvalue weighted by molar-refractivity contribution is 9.10. The van der Waals surface area contributed by atoms with E-state index in [2.05, 4.69) is 25.9 Å². The number of anilines is 2. The predicted molar refractivity (Wildman–Crippen MR) is 106 cm³/mol. The smallest absolute Gasteiger partial charge is 0.222 e. The summed E-state index contributed by atoms with van der Waals surface area (Å²) in [5, 5.41) is 1.13. The number of halogens is 2. The van der Waals surface area contributed by atoms with E-state index in [1.54, 1.807) is 24.3 Å². The summed E-state index contributed by atoms with van der Waals surface area (Å²) in [5.74, 6) is 2.02. The average molecular weight is 436 g/mol. The second-order valence-corrected chi connectivity index (χ2v) is 7.45. The van der Waals surface area contributed by atoms with Crippen LogP contribution >= 0.6 is 27.5 Å². The Morgan fingerprint density at radius 1 is 1.08 bits per heavy atom. The van der Waals surface area contributed by atoms with Gasteiger partial charge in [0.25, 0.3) is 0 Å². The Hall–Kier alpha value is -2.25. The Balaban J connectivity index is 1.80. The van der Waals surface area contributed by atoms with Gasteiger partial charge in [-0.1, -0.05) is 27.5 Å². The van der Waals surface area contributed by atoms with E-state index in [9.17, 15) is 0 Å². The summed E-state index contributed by atoms with van der Waals surface area (Å²) in [4.78, 5) is 8.32. The number of hydrogen-bond donors (Lipinski definition) is 2. The molecule has 0 radical (unpaired) electrons. The number of nitrogens with two attached hydrogens (primary N) is 2. The molecule has 3 aromatic rings. The van der Waals surface area contributed by atoms with Gasteiger partial charge in [-0.2, -0.15) is 4.98 Å². The van der Waals surface area contributed by atoms with Crippen molar-refractivity contribution in [2.24, 2.45) is 0 Å². The molecule has 2 aromatic carbocycles. The molecular formula is C18H16BrClN4O2. The van der Waals surface area contributed by atoms with Gasteiger partial charge in [0, 0.05) is 16.6 Å². The Morgan fingerprint density at radius 3 is 2.62 bits per heavy atom. The quantitative estimate of drug-likeness (QED) is 0.603. The number of rotatable bonds is 4. The fourth-order valence-corrected chi connectivity index (χ4v) is 3.25. The van der Waals surface area contributed by atoms with Crippen LogP contribution in [0.4, 0.5) is 11.8 Å². The number of ether oxygens (including phenoxy) is 2. The maximum absolute atomic E-state index is 6.23. The molecule has 8 heteroatoms. The molecule has 1 saturated carbocycles. The first-order valence-corrected chi connectivity index (χ1v) is 9.33. The third-order valence-electron chi connectivity index (χ3n) is 4.25. The molecule has 1 heterocycles. The predicted octanol–water partition coefficient (Wildman–Crippen LogP) is 4.93. The summed E-state index contributed by atoms with van der Waals surface area (Å²) in [5.41, 5.74) is 12.4. The lowest BCUT2D eigenvalue weighted by molar-refractivity contribution is 0.122. The van der Waals surface area contributed by atoms with E-state index in [0.717, 1.165) is 23.7 Å². The zero-order chi connectivity index (χ0) is 18.3. The van der Waals surface area contributed by atoms with Crippen LogP contribution in [0, 0.1) is 0 Å². The number of fused-ring (bicyclic) bond motifs is 1. The Bertz CT molecular complexity index is 995. The standard InChI is InChI=1S/C18H16BrClN4O2/c19-9-4-5-12(20)14(6-9)26-11-7-13-16(17(21)24-18(22)23-13)15(8-11)25-10-2-1-3-10/h4-8,10H,1-3H2,(H4,21,22,23,24). The van der Waals surface area contributed by atoms with Crippen molar-refractivity contribution in [1.82, 2.24) is 9.97 Å². The van der Waals surface area contributed by atoms with Crippen LogP contribution in [0.15, 0.2) is 34.8 Å². The van der Waals surface area contributed by atoms with Gasteiger partial charge in [-0.05, 0) is 37.5 Å². The van der Waals surface area contributed by atoms with Gasteiger partial charge in [-0.15, -0.1) is 0 Å². The molecule has 0 saturated heterocycles. The number of hydrogen-bond acceptors (Lipinski definition) is 6. The minimum absolute atomic E-state index is 0.0993. The van der Waals surface area contributed by atoms with Gasteiger partial charge in [0.05, 0.1) is 22.0 Å². The lowest BCUT2D eigenvalue weighted by Crippen LogP contribution is -2.24. The number of nitrogens with zero attached hydrogens (tertiary/aromatic N) is 2. The van der Waals surface area contributed by atoms with Gasteiger partial charge in [-0.3, -0.25) is 0 Å². The molecule has 6 nitrogen and oxygen atoms in total. The number of nitrogen functional groups attached to an aromatic ring is 2. The van der Waals surface area contributed by atoms with Crippen molar-refractivity contribution < 1.29 is 9.47 Å². The highest BCUT2D eigenvalue weighted by atomic mass is 79.9. The van der Waals surface area contributed by atoms with Gasteiger partial charge in [0.15, 0.2) is 0 Å². The number of benzene rings is 2. The zero-order valence-corrected chi connectivity index (χ0v) is 16.0. The third kappa shape index (κ3) is 3.37. The van der Waals surface area contributed by atoms with E-state index in [1.807, 2.05) is 6.07 Å². The van der Waals surface area contributed by atoms with E-state index in [4.69, 9.17) is 32.5 Å². The lowest BCUT2D eigenvalue weighted by atomic mass is 9.96. The van der Waals surface area contributed by atoms with Crippen molar-refractivity contribution in [3.8, 4) is 17.2 Å². The molecule has 0 aliphatic heterocycles. The largest absolute Gasteiger partial charge is 0.489 e. The van der Waals surface area contributed by atoms with Gasteiger partial charge in [0.2, 0.25) is 5.95 Å². The molecular weight excluding hydrogens is 420 g/mol. The highest BCUT2D eigenvalue weighted by Crippen LogP contribution is 2.39. The molecule has 1 aliphatic rings. The highest BCUT2D eigenvalue weighted by Gasteiger charge is 2.22. The van der Waals surface area contributed by atoms with E-state index in [-0.39, 0.29) is 17.9 Å². The van der Waals surface area contributed by atoms with Crippen molar-refractivity contribution in [3.63, 3.8) is 0 Å². The normalized spacial score (nSPS) is 14.2. The van der Waals surface area contributed by atoms with E-state index >= 15 is 0 Å². The topological polar surface area (TPSA) is 96.3 Å². The Kier molecular flexibility index (Phi) is 4.50. The maximum Gasteiger partial charge on any atom is 0.222 e. The molecule has 1 aromatic heterocycles. The fraction of sp³-hybridized carbons (Fsp3) is 0.222. The van der Waals surface area contributed by atoms with Crippen LogP contribution in [-0.4, -0.2) is 16.1 Å². The molecule has 4 rings (SSSR count). The van der Waals surface area contributed by atoms with Gasteiger partial charge in [-0.25, -0.2) is 4.98 Å². The fourth-order valence-electron chi connectivity index (χ4n) is 2.75. The maximum atomic E-state index is 6.23. The van der Waals surface area contributed by atoms with E-state index < -0.39 is 0 Å². The van der Waals surface area contributed by atoms with Gasteiger partial charge < -0.3 is 20.9 Å². The minimum Gasteiger partial charge on any atom is -0.489 e. The summed E-state index contributed by atoms with van der Waals surface area (Å²) < 4.78 is 12.9. The molecule has 0 atom stereocenters. The third-order valence-corrected chi connectivity index (χ3v) is 5.05. The second kappa shape index (κ2) is 6.81. The van der Waals surface area contributed by atoms with Crippen molar-refractivity contribution >= 4 is 50.2 Å². The Labute approximate surface area is 163 Å². The first-order valence-electron chi connectivity index (χ1n) is 8.16. The first kappa shape index (κ1) is 17.2. The monoisotopic (exact) mass is 434 g/mol. The molecule has 0 amide bonds. The van der Waals surface area contributed by atoms with Crippen molar-refractivity contribution in [2.75, 3.05) is 11.5 Å². The molecule has 1 fully saturated rings. The van der Waals surface area contributed by atoms with Crippen LogP contribution in [-0.2, 0) is 0 Å². The molecule has 4 N–H and O–H groups in total. The molecule has 26 heavy (non-hydrogen) atoms. The summed E-state index contributed by atoms with van der Waals surface area (Å²) in [6.45, 7) is 0. The van der Waals surface area contributed by atoms with Crippen molar-refractivity contribution in [2.45, 2.75) is 25.4 Å². The van der Waals surface area contributed by atoms with Crippen LogP contribution in [0.25, 0.3) is 10.9 Å². The second-order valence-electron chi connectivity index (χ2n) is 6.13. The summed E-state index contributed by atoms with van der Waals surface area (Å²) in [6.07, 6.45) is 3.35. The van der Waals surface area contributed by atoms with Crippen LogP contribution < -0.4 is 20.9 Å². The van der Waals surface area contributed by atoms with Crippen LogP contribution in [0.3, 0.4) is 0 Å². The molecule has 0 unspecified atom stereocenters. The molecule has 0 spiro atoms. The summed E-state index contributed by atoms with van der Waals surface area (Å²) >= 11 is 9.64. The first-order chi connectivity index (χ1) is 12.5. The minimum atomic E-state index is 0.0993. The SMILES string of the molecule is Nc1nc(N)c2c(OC3CCC3)cc(Oc3cc(Br)ccc3Cl)cc2n1. The summed E-state index contributed by atoms with van der Waals surface area (Å²) in [6, 6.07) is 8.92. The zero-order valence-electron chi connectivity index (χ0n) is 13.7. The van der Waals surface area contributed by atoms with E-state index in [1.165, 1.54) is 0 Å². The summed E-state index contributed by atoms with van der Waals surface area (Å²) in [7, 11) is 0. The van der Waals surface area contributed by atoms with Gasteiger partial charge in [0.1, 0.15) is 23.1 Å². The molecule has 0 bridgehead atoms. The lowest BCUT2D eigenvalue weighted by Gasteiger charge is -2.27. The van der Waals surface area contributed by atoms with Crippen LogP contribution in [0.5, 0.6) is 17.2 Å². The van der Waals surface area contributed by atoms with Crippen molar-refractivity contribution in [1.29, 1.82) is 0 Å². The Morgan fingerprint density at radius 2 is 1.88 bits per heavy atom. The number of aromatic nitrogens is 2. The average Bonchev–Trinajstić information content (AvgIpc) is 2.53. The van der Waals surface area contributed by atoms with E-state index in [0.29, 0.717) is 33.2 Å². The van der Waals surface area contributed by atoms with Crippen LogP contribution in [0.2, 0.25) is 5.02 Å².